The predicted molar refractivity (Wildman–Crippen MR) is 74.6 cm³/mol. The lowest BCUT2D eigenvalue weighted by molar-refractivity contribution is 0.293. The number of aryl methyl sites for hydroxylation is 1. The predicted octanol–water partition coefficient (Wildman–Crippen LogP) is 3.15. The van der Waals surface area contributed by atoms with Crippen LogP contribution in [0.4, 0.5) is 0 Å². The zero-order valence-electron chi connectivity index (χ0n) is 11.1. The Bertz CT molecular complexity index is 546. The van der Waals surface area contributed by atoms with Crippen LogP contribution >= 0.6 is 11.6 Å². The number of ether oxygens (including phenoxy) is 1. The Morgan fingerprint density at radius 3 is 2.58 bits per heavy atom. The van der Waals surface area contributed by atoms with Crippen molar-refractivity contribution in [1.82, 2.24) is 15.2 Å². The average Bonchev–Trinajstić information content (AvgIpc) is 2.44. The SMILES string of the molecule is Cc1c(Cl)nnc(OCCCc2ccncc2)c1C. The lowest BCUT2D eigenvalue weighted by Crippen LogP contribution is -2.05. The van der Waals surface area contributed by atoms with Crippen LogP contribution in [0.3, 0.4) is 0 Å². The van der Waals surface area contributed by atoms with Crippen molar-refractivity contribution in [1.29, 1.82) is 0 Å². The van der Waals surface area contributed by atoms with Crippen molar-refractivity contribution in [3.8, 4) is 5.88 Å². The molecule has 0 unspecified atom stereocenters. The fourth-order valence-corrected chi connectivity index (χ4v) is 1.87. The van der Waals surface area contributed by atoms with E-state index in [0.29, 0.717) is 17.6 Å². The first-order chi connectivity index (χ1) is 9.18. The summed E-state index contributed by atoms with van der Waals surface area (Å²) in [6.45, 7) is 4.46. The van der Waals surface area contributed by atoms with E-state index in [-0.39, 0.29) is 0 Å². The van der Waals surface area contributed by atoms with Crippen LogP contribution in [-0.2, 0) is 6.42 Å². The van der Waals surface area contributed by atoms with Gasteiger partial charge in [-0.05, 0) is 49.9 Å². The molecule has 5 heteroatoms. The summed E-state index contributed by atoms with van der Waals surface area (Å²) >= 11 is 5.89. The molecule has 0 amide bonds. The summed E-state index contributed by atoms with van der Waals surface area (Å²) in [5.74, 6) is 0.566. The molecular weight excluding hydrogens is 262 g/mol. The Hall–Kier alpha value is -1.68. The molecule has 0 saturated heterocycles. The van der Waals surface area contributed by atoms with Crippen molar-refractivity contribution in [3.63, 3.8) is 0 Å². The molecule has 0 aliphatic carbocycles. The fourth-order valence-electron chi connectivity index (χ4n) is 1.69. The highest BCUT2D eigenvalue weighted by atomic mass is 35.5. The first kappa shape index (κ1) is 13.7. The van der Waals surface area contributed by atoms with Crippen LogP contribution in [0.25, 0.3) is 0 Å². The van der Waals surface area contributed by atoms with Gasteiger partial charge in [-0.3, -0.25) is 4.98 Å². The van der Waals surface area contributed by atoms with Crippen molar-refractivity contribution in [2.24, 2.45) is 0 Å². The third-order valence-electron chi connectivity index (χ3n) is 3.02. The van der Waals surface area contributed by atoms with Crippen LogP contribution < -0.4 is 4.74 Å². The second kappa shape index (κ2) is 6.48. The van der Waals surface area contributed by atoms with Gasteiger partial charge in [0.2, 0.25) is 5.88 Å². The molecule has 4 nitrogen and oxygen atoms in total. The molecule has 0 bridgehead atoms. The Kier molecular flexibility index (Phi) is 4.68. The van der Waals surface area contributed by atoms with Crippen molar-refractivity contribution >= 4 is 11.6 Å². The van der Waals surface area contributed by atoms with Gasteiger partial charge in [0.05, 0.1) is 6.61 Å². The van der Waals surface area contributed by atoms with E-state index < -0.39 is 0 Å². The fraction of sp³-hybridized carbons (Fsp3) is 0.357. The van der Waals surface area contributed by atoms with Gasteiger partial charge in [-0.15, -0.1) is 10.2 Å². The second-order valence-corrected chi connectivity index (χ2v) is 4.71. The van der Waals surface area contributed by atoms with E-state index >= 15 is 0 Å². The normalized spacial score (nSPS) is 10.5. The molecule has 19 heavy (non-hydrogen) atoms. The molecule has 2 rings (SSSR count). The van der Waals surface area contributed by atoms with Gasteiger partial charge in [0.1, 0.15) is 0 Å². The molecule has 0 saturated carbocycles. The number of hydrogen-bond acceptors (Lipinski definition) is 4. The highest BCUT2D eigenvalue weighted by molar-refractivity contribution is 6.30. The molecule has 0 atom stereocenters. The molecule has 0 spiro atoms. The van der Waals surface area contributed by atoms with E-state index in [1.54, 1.807) is 12.4 Å². The average molecular weight is 278 g/mol. The van der Waals surface area contributed by atoms with Crippen molar-refractivity contribution < 1.29 is 4.74 Å². The first-order valence-corrected chi connectivity index (χ1v) is 6.57. The number of rotatable bonds is 5. The Balaban J connectivity index is 1.85. The van der Waals surface area contributed by atoms with Gasteiger partial charge in [-0.1, -0.05) is 11.6 Å². The van der Waals surface area contributed by atoms with Crippen molar-refractivity contribution in [2.45, 2.75) is 26.7 Å². The second-order valence-electron chi connectivity index (χ2n) is 4.35. The van der Waals surface area contributed by atoms with E-state index in [9.17, 15) is 0 Å². The van der Waals surface area contributed by atoms with Gasteiger partial charge < -0.3 is 4.74 Å². The summed E-state index contributed by atoms with van der Waals surface area (Å²) in [4.78, 5) is 3.99. The smallest absolute Gasteiger partial charge is 0.236 e. The Morgan fingerprint density at radius 1 is 1.11 bits per heavy atom. The highest BCUT2D eigenvalue weighted by Gasteiger charge is 2.08. The molecule has 2 aromatic heterocycles. The minimum atomic E-state index is 0.432. The molecule has 0 radical (unpaired) electrons. The summed E-state index contributed by atoms with van der Waals surface area (Å²) in [7, 11) is 0. The highest BCUT2D eigenvalue weighted by Crippen LogP contribution is 2.22. The summed E-state index contributed by atoms with van der Waals surface area (Å²) in [6, 6.07) is 4.02. The standard InChI is InChI=1S/C14H16ClN3O/c1-10-11(2)14(18-17-13(10)15)19-9-3-4-12-5-7-16-8-6-12/h5-8H,3-4,9H2,1-2H3. The van der Waals surface area contributed by atoms with Crippen LogP contribution in [-0.4, -0.2) is 21.8 Å². The molecule has 0 fully saturated rings. The number of pyridine rings is 1. The van der Waals surface area contributed by atoms with E-state index in [1.807, 2.05) is 26.0 Å². The molecule has 0 N–H and O–H groups in total. The van der Waals surface area contributed by atoms with Crippen LogP contribution in [0, 0.1) is 13.8 Å². The zero-order chi connectivity index (χ0) is 13.7. The monoisotopic (exact) mass is 277 g/mol. The van der Waals surface area contributed by atoms with Crippen LogP contribution in [0.1, 0.15) is 23.1 Å². The van der Waals surface area contributed by atoms with Gasteiger partial charge in [-0.2, -0.15) is 0 Å². The lowest BCUT2D eigenvalue weighted by atomic mass is 10.1. The third-order valence-corrected chi connectivity index (χ3v) is 3.38. The molecule has 0 aromatic carbocycles. The number of aromatic nitrogens is 3. The molecular formula is C14H16ClN3O. The van der Waals surface area contributed by atoms with Gasteiger partial charge in [0, 0.05) is 18.0 Å². The van der Waals surface area contributed by atoms with Gasteiger partial charge in [0.15, 0.2) is 5.15 Å². The maximum absolute atomic E-state index is 5.89. The lowest BCUT2D eigenvalue weighted by Gasteiger charge is -2.09. The van der Waals surface area contributed by atoms with Crippen LogP contribution in [0.15, 0.2) is 24.5 Å². The number of hydrogen-bond donors (Lipinski definition) is 0. The van der Waals surface area contributed by atoms with Gasteiger partial charge >= 0.3 is 0 Å². The van der Waals surface area contributed by atoms with E-state index in [0.717, 1.165) is 24.0 Å². The van der Waals surface area contributed by atoms with Crippen molar-refractivity contribution in [3.05, 3.63) is 46.4 Å². The summed E-state index contributed by atoms with van der Waals surface area (Å²) in [6.07, 6.45) is 5.48. The van der Waals surface area contributed by atoms with Crippen molar-refractivity contribution in [2.75, 3.05) is 6.61 Å². The first-order valence-electron chi connectivity index (χ1n) is 6.19. The Labute approximate surface area is 117 Å². The largest absolute Gasteiger partial charge is 0.476 e. The van der Waals surface area contributed by atoms with Crippen LogP contribution in [0.2, 0.25) is 5.15 Å². The maximum atomic E-state index is 5.89. The van der Waals surface area contributed by atoms with E-state index in [4.69, 9.17) is 16.3 Å². The molecule has 0 aliphatic heterocycles. The molecule has 100 valence electrons. The molecule has 2 aromatic rings. The van der Waals surface area contributed by atoms with Gasteiger partial charge in [0.25, 0.3) is 0 Å². The summed E-state index contributed by atoms with van der Waals surface area (Å²) in [5, 5.41) is 8.26. The quantitative estimate of drug-likeness (QED) is 0.788. The van der Waals surface area contributed by atoms with E-state index in [2.05, 4.69) is 15.2 Å². The Morgan fingerprint density at radius 2 is 1.84 bits per heavy atom. The summed E-state index contributed by atoms with van der Waals surface area (Å²) < 4.78 is 5.65. The van der Waals surface area contributed by atoms with Crippen LogP contribution in [0.5, 0.6) is 5.88 Å². The maximum Gasteiger partial charge on any atom is 0.236 e. The third kappa shape index (κ3) is 3.64. The topological polar surface area (TPSA) is 47.9 Å². The number of halogens is 1. The summed E-state index contributed by atoms with van der Waals surface area (Å²) in [5.41, 5.74) is 3.12. The van der Waals surface area contributed by atoms with E-state index in [1.165, 1.54) is 5.56 Å². The van der Waals surface area contributed by atoms with Gasteiger partial charge in [-0.25, -0.2) is 0 Å². The molecule has 2 heterocycles. The minimum absolute atomic E-state index is 0.432. The minimum Gasteiger partial charge on any atom is -0.476 e. The molecule has 0 aliphatic rings. The zero-order valence-corrected chi connectivity index (χ0v) is 11.8. The number of nitrogens with zero attached hydrogens (tertiary/aromatic N) is 3.